The van der Waals surface area contributed by atoms with Crippen molar-refractivity contribution in [1.82, 2.24) is 10.2 Å². The van der Waals surface area contributed by atoms with Crippen LogP contribution in [0, 0.1) is 0 Å². The molecule has 5 heteroatoms. The number of carbonyl (C=O) groups is 2. The van der Waals surface area contributed by atoms with Crippen molar-refractivity contribution in [1.29, 1.82) is 0 Å². The molecule has 3 aromatic carbocycles. The van der Waals surface area contributed by atoms with Crippen molar-refractivity contribution in [2.75, 3.05) is 6.61 Å². The fraction of sp³-hybridized carbons (Fsp3) is 0.355. The molecular weight excluding hydrogens is 448 g/mol. The number of rotatable bonds is 12. The summed E-state index contributed by atoms with van der Waals surface area (Å²) in [6, 6.07) is 26.7. The maximum Gasteiger partial charge on any atom is 0.261 e. The van der Waals surface area contributed by atoms with Gasteiger partial charge >= 0.3 is 0 Å². The normalized spacial score (nSPS) is 12.6. The van der Waals surface area contributed by atoms with Gasteiger partial charge in [0.05, 0.1) is 0 Å². The molecule has 2 amide bonds. The molecule has 0 saturated carbocycles. The van der Waals surface area contributed by atoms with E-state index in [4.69, 9.17) is 4.74 Å². The van der Waals surface area contributed by atoms with Crippen molar-refractivity contribution in [3.05, 3.63) is 102 Å². The number of nitrogens with one attached hydrogen (secondary N) is 1. The molecule has 0 aliphatic rings. The lowest BCUT2D eigenvalue weighted by Gasteiger charge is -2.32. The number of ether oxygens (including phenoxy) is 1. The molecule has 5 nitrogen and oxygen atoms in total. The van der Waals surface area contributed by atoms with Gasteiger partial charge in [-0.15, -0.1) is 0 Å². The fourth-order valence-electron chi connectivity index (χ4n) is 4.09. The first-order valence-electron chi connectivity index (χ1n) is 12.8. The molecule has 3 aromatic rings. The van der Waals surface area contributed by atoms with E-state index in [-0.39, 0.29) is 30.4 Å². The molecule has 2 unspecified atom stereocenters. The zero-order valence-corrected chi connectivity index (χ0v) is 21.8. The zero-order chi connectivity index (χ0) is 25.9. The SMILES string of the molecule is CCC(C)NC(=O)C(Cc1ccccc1)N(Cc1ccccc1)C(=O)COc1ccccc1C(C)C. The van der Waals surface area contributed by atoms with Crippen LogP contribution >= 0.6 is 0 Å². The maximum atomic E-state index is 13.7. The van der Waals surface area contributed by atoms with Gasteiger partial charge in [0, 0.05) is 19.0 Å². The van der Waals surface area contributed by atoms with Crippen molar-refractivity contribution in [2.45, 2.75) is 65.1 Å². The van der Waals surface area contributed by atoms with E-state index >= 15 is 0 Å². The van der Waals surface area contributed by atoms with Gasteiger partial charge in [0.25, 0.3) is 5.91 Å². The lowest BCUT2D eigenvalue weighted by Crippen LogP contribution is -2.53. The number of benzene rings is 3. The number of amides is 2. The minimum Gasteiger partial charge on any atom is -0.483 e. The third-order valence-electron chi connectivity index (χ3n) is 6.36. The number of carbonyl (C=O) groups excluding carboxylic acids is 2. The van der Waals surface area contributed by atoms with Gasteiger partial charge in [0.15, 0.2) is 6.61 Å². The van der Waals surface area contributed by atoms with Gasteiger partial charge in [-0.25, -0.2) is 0 Å². The minimum atomic E-state index is -0.668. The van der Waals surface area contributed by atoms with Crippen LogP contribution in [0.1, 0.15) is 56.7 Å². The maximum absolute atomic E-state index is 13.7. The molecule has 190 valence electrons. The molecule has 1 N–H and O–H groups in total. The van der Waals surface area contributed by atoms with Crippen LogP contribution in [-0.2, 0) is 22.6 Å². The molecule has 0 aliphatic carbocycles. The van der Waals surface area contributed by atoms with Gasteiger partial charge in [-0.05, 0) is 42.0 Å². The van der Waals surface area contributed by atoms with Crippen LogP contribution in [0.4, 0.5) is 0 Å². The van der Waals surface area contributed by atoms with E-state index in [2.05, 4.69) is 19.2 Å². The summed E-state index contributed by atoms with van der Waals surface area (Å²) in [6.07, 6.45) is 1.23. The standard InChI is InChI=1S/C31H38N2O3/c1-5-24(4)32-31(35)28(20-25-14-8-6-9-15-25)33(21-26-16-10-7-11-17-26)30(34)22-36-29-19-13-12-18-27(29)23(2)3/h6-19,23-24,28H,5,20-22H2,1-4H3,(H,32,35). The summed E-state index contributed by atoms with van der Waals surface area (Å²) < 4.78 is 6.04. The monoisotopic (exact) mass is 486 g/mol. The number of hydrogen-bond donors (Lipinski definition) is 1. The topological polar surface area (TPSA) is 58.6 Å². The lowest BCUT2D eigenvalue weighted by atomic mass is 10.0. The van der Waals surface area contributed by atoms with Gasteiger partial charge in [0.1, 0.15) is 11.8 Å². The summed E-state index contributed by atoms with van der Waals surface area (Å²) in [6.45, 7) is 8.39. The summed E-state index contributed by atoms with van der Waals surface area (Å²) in [7, 11) is 0. The molecule has 2 atom stereocenters. The predicted molar refractivity (Wildman–Crippen MR) is 145 cm³/mol. The van der Waals surface area contributed by atoms with Crippen molar-refractivity contribution in [2.24, 2.45) is 0 Å². The Morgan fingerprint density at radius 1 is 0.833 bits per heavy atom. The highest BCUT2D eigenvalue weighted by atomic mass is 16.5. The Hall–Kier alpha value is -3.60. The Morgan fingerprint density at radius 2 is 1.42 bits per heavy atom. The van der Waals surface area contributed by atoms with E-state index in [1.54, 1.807) is 4.90 Å². The Balaban J connectivity index is 1.91. The highest BCUT2D eigenvalue weighted by Crippen LogP contribution is 2.26. The smallest absolute Gasteiger partial charge is 0.261 e. The van der Waals surface area contributed by atoms with Crippen molar-refractivity contribution in [3.8, 4) is 5.75 Å². The molecular formula is C31H38N2O3. The highest BCUT2D eigenvalue weighted by Gasteiger charge is 2.31. The second-order valence-electron chi connectivity index (χ2n) is 9.51. The van der Waals surface area contributed by atoms with Crippen LogP contribution in [0.5, 0.6) is 5.75 Å². The first-order valence-corrected chi connectivity index (χ1v) is 12.8. The second-order valence-corrected chi connectivity index (χ2v) is 9.51. The highest BCUT2D eigenvalue weighted by molar-refractivity contribution is 5.88. The van der Waals surface area contributed by atoms with Crippen LogP contribution in [-0.4, -0.2) is 35.4 Å². The van der Waals surface area contributed by atoms with E-state index in [0.29, 0.717) is 18.7 Å². The fourth-order valence-corrected chi connectivity index (χ4v) is 4.09. The van der Waals surface area contributed by atoms with E-state index in [9.17, 15) is 9.59 Å². The third-order valence-corrected chi connectivity index (χ3v) is 6.36. The molecule has 0 spiro atoms. The number of nitrogens with zero attached hydrogens (tertiary/aromatic N) is 1. The second kappa shape index (κ2) is 13.5. The Labute approximate surface area is 215 Å². The van der Waals surface area contributed by atoms with Crippen molar-refractivity contribution in [3.63, 3.8) is 0 Å². The molecule has 3 rings (SSSR count). The zero-order valence-electron chi connectivity index (χ0n) is 21.8. The van der Waals surface area contributed by atoms with Gasteiger partial charge in [0.2, 0.25) is 5.91 Å². The molecule has 0 saturated heterocycles. The molecule has 0 aromatic heterocycles. The van der Waals surface area contributed by atoms with Crippen molar-refractivity contribution >= 4 is 11.8 Å². The average Bonchev–Trinajstić information content (AvgIpc) is 2.90. The number of para-hydroxylation sites is 1. The Bertz CT molecular complexity index is 1100. The summed E-state index contributed by atoms with van der Waals surface area (Å²) in [5, 5.41) is 3.10. The van der Waals surface area contributed by atoms with Crippen molar-refractivity contribution < 1.29 is 14.3 Å². The minimum absolute atomic E-state index is 0.0126. The molecule has 36 heavy (non-hydrogen) atoms. The lowest BCUT2D eigenvalue weighted by molar-refractivity contribution is -0.143. The molecule has 0 bridgehead atoms. The third kappa shape index (κ3) is 7.70. The summed E-state index contributed by atoms with van der Waals surface area (Å²) >= 11 is 0. The van der Waals surface area contributed by atoms with E-state index in [0.717, 1.165) is 23.1 Å². The summed E-state index contributed by atoms with van der Waals surface area (Å²) in [4.78, 5) is 28.9. The first kappa shape index (κ1) is 27.0. The Kier molecular flexibility index (Phi) is 10.1. The van der Waals surface area contributed by atoms with Gasteiger partial charge in [-0.2, -0.15) is 0 Å². The van der Waals surface area contributed by atoms with Crippen LogP contribution in [0.25, 0.3) is 0 Å². The molecule has 0 aliphatic heterocycles. The number of hydrogen-bond acceptors (Lipinski definition) is 3. The van der Waals surface area contributed by atoms with E-state index in [1.165, 1.54) is 0 Å². The predicted octanol–water partition coefficient (Wildman–Crippen LogP) is 5.74. The summed E-state index contributed by atoms with van der Waals surface area (Å²) in [5.41, 5.74) is 3.01. The molecule has 0 heterocycles. The Morgan fingerprint density at radius 3 is 2.03 bits per heavy atom. The van der Waals surface area contributed by atoms with Gasteiger partial charge < -0.3 is 15.0 Å². The molecule has 0 fully saturated rings. The van der Waals surface area contributed by atoms with Gasteiger partial charge in [-0.1, -0.05) is 99.6 Å². The van der Waals surface area contributed by atoms with E-state index in [1.807, 2.05) is 98.8 Å². The van der Waals surface area contributed by atoms with Crippen LogP contribution in [0.3, 0.4) is 0 Å². The summed E-state index contributed by atoms with van der Waals surface area (Å²) in [5.74, 6) is 0.589. The van der Waals surface area contributed by atoms with E-state index < -0.39 is 6.04 Å². The molecule has 0 radical (unpaired) electrons. The van der Waals surface area contributed by atoms with Crippen LogP contribution < -0.4 is 10.1 Å². The first-order chi connectivity index (χ1) is 17.4. The quantitative estimate of drug-likeness (QED) is 0.355. The average molecular weight is 487 g/mol. The van der Waals surface area contributed by atoms with Crippen LogP contribution in [0.15, 0.2) is 84.9 Å². The van der Waals surface area contributed by atoms with Gasteiger partial charge in [-0.3, -0.25) is 9.59 Å². The largest absolute Gasteiger partial charge is 0.483 e. The van der Waals surface area contributed by atoms with Crippen LogP contribution in [0.2, 0.25) is 0 Å².